The van der Waals surface area contributed by atoms with Crippen LogP contribution in [0.1, 0.15) is 6.92 Å². The van der Waals surface area contributed by atoms with Crippen molar-refractivity contribution in [2.45, 2.75) is 6.92 Å². The Bertz CT molecular complexity index is 157. The van der Waals surface area contributed by atoms with Crippen LogP contribution in [0.25, 0.3) is 0 Å². The predicted molar refractivity (Wildman–Crippen MR) is 34.7 cm³/mol. The van der Waals surface area contributed by atoms with Crippen molar-refractivity contribution in [3.05, 3.63) is 12.4 Å². The third-order valence-electron chi connectivity index (χ3n) is 1.22. The van der Waals surface area contributed by atoms with E-state index in [4.69, 9.17) is 0 Å². The fraction of sp³-hybridized carbons (Fsp3) is 0.600. The summed E-state index contributed by atoms with van der Waals surface area (Å²) in [5.41, 5.74) is 0. The van der Waals surface area contributed by atoms with Crippen molar-refractivity contribution in [1.82, 2.24) is 15.1 Å². The van der Waals surface area contributed by atoms with Gasteiger partial charge >= 0.3 is 0 Å². The van der Waals surface area contributed by atoms with Gasteiger partial charge in [0.2, 0.25) is 0 Å². The summed E-state index contributed by atoms with van der Waals surface area (Å²) < 4.78 is 0. The molecule has 1 aromatic heterocycles. The Morgan fingerprint density at radius 2 is 2.44 bits per heavy atom. The van der Waals surface area contributed by atoms with Crippen LogP contribution < -0.4 is 5.01 Å². The third-order valence-corrected chi connectivity index (χ3v) is 1.22. The molecule has 9 heavy (non-hydrogen) atoms. The number of nitrogens with zero attached hydrogens (tertiary/aromatic N) is 4. The Morgan fingerprint density at radius 1 is 1.67 bits per heavy atom. The van der Waals surface area contributed by atoms with Gasteiger partial charge in [-0.2, -0.15) is 4.79 Å². The van der Waals surface area contributed by atoms with Crippen molar-refractivity contribution in [3.8, 4) is 0 Å². The van der Waals surface area contributed by atoms with E-state index in [1.807, 2.05) is 18.3 Å². The molecule has 1 aromatic rings. The first kappa shape index (κ1) is 6.07. The molecule has 0 amide bonds. The zero-order chi connectivity index (χ0) is 6.69. The van der Waals surface area contributed by atoms with Crippen LogP contribution in [0.5, 0.6) is 0 Å². The first-order valence-electron chi connectivity index (χ1n) is 2.92. The topological polar surface area (TPSA) is 34.0 Å². The Hall–Kier alpha value is -1.06. The second kappa shape index (κ2) is 2.48. The first-order chi connectivity index (χ1) is 4.34. The summed E-state index contributed by atoms with van der Waals surface area (Å²) in [6, 6.07) is 0. The highest BCUT2D eigenvalue weighted by Gasteiger charge is 1.92. The summed E-state index contributed by atoms with van der Waals surface area (Å²) in [7, 11) is 1.95. The van der Waals surface area contributed by atoms with Crippen molar-refractivity contribution in [2.24, 2.45) is 0 Å². The number of aromatic nitrogens is 3. The maximum atomic E-state index is 3.78. The molecule has 0 aliphatic heterocycles. The van der Waals surface area contributed by atoms with E-state index in [0.717, 1.165) is 6.54 Å². The second-order valence-electron chi connectivity index (χ2n) is 1.80. The van der Waals surface area contributed by atoms with E-state index in [0.29, 0.717) is 0 Å². The van der Waals surface area contributed by atoms with Gasteiger partial charge in [0.25, 0.3) is 0 Å². The summed E-state index contributed by atoms with van der Waals surface area (Å²) >= 11 is 0. The van der Waals surface area contributed by atoms with Gasteiger partial charge in [-0.3, -0.25) is 5.01 Å². The molecule has 0 bridgehead atoms. The summed E-state index contributed by atoms with van der Waals surface area (Å²) in [5.74, 6) is 0. The second-order valence-corrected chi connectivity index (χ2v) is 1.80. The fourth-order valence-electron chi connectivity index (χ4n) is 0.529. The van der Waals surface area contributed by atoms with Crippen LogP contribution in [-0.4, -0.2) is 28.7 Å². The van der Waals surface area contributed by atoms with Crippen LogP contribution in [0.15, 0.2) is 12.4 Å². The lowest BCUT2D eigenvalue weighted by Crippen LogP contribution is -2.29. The zero-order valence-electron chi connectivity index (χ0n) is 5.65. The van der Waals surface area contributed by atoms with Gasteiger partial charge in [0.05, 0.1) is 12.4 Å². The van der Waals surface area contributed by atoms with E-state index in [2.05, 4.69) is 17.2 Å². The normalized spacial score (nSPS) is 9.56. The molecule has 0 radical (unpaired) electrons. The molecule has 50 valence electrons. The lowest BCUT2D eigenvalue weighted by Gasteiger charge is -2.14. The lowest BCUT2D eigenvalue weighted by atomic mass is 10.7. The molecule has 1 rings (SSSR count). The van der Waals surface area contributed by atoms with Gasteiger partial charge in [-0.1, -0.05) is 0 Å². The van der Waals surface area contributed by atoms with Crippen molar-refractivity contribution in [3.63, 3.8) is 0 Å². The zero-order valence-corrected chi connectivity index (χ0v) is 5.65. The van der Waals surface area contributed by atoms with Crippen molar-refractivity contribution in [1.29, 1.82) is 0 Å². The van der Waals surface area contributed by atoms with Crippen molar-refractivity contribution >= 4 is 0 Å². The highest BCUT2D eigenvalue weighted by atomic mass is 15.7. The molecule has 0 aliphatic carbocycles. The molecule has 1 heterocycles. The minimum atomic E-state index is 0.934. The molecule has 0 atom stereocenters. The Labute approximate surface area is 54.1 Å². The molecule has 0 fully saturated rings. The van der Waals surface area contributed by atoms with E-state index in [-0.39, 0.29) is 0 Å². The smallest absolute Gasteiger partial charge is 0.0715 e. The maximum Gasteiger partial charge on any atom is 0.0715 e. The van der Waals surface area contributed by atoms with Gasteiger partial charge < -0.3 is 0 Å². The highest BCUT2D eigenvalue weighted by Crippen LogP contribution is 1.80. The van der Waals surface area contributed by atoms with E-state index in [1.165, 1.54) is 0 Å². The molecule has 4 heteroatoms. The maximum absolute atomic E-state index is 3.78. The van der Waals surface area contributed by atoms with Gasteiger partial charge in [0.1, 0.15) is 0 Å². The van der Waals surface area contributed by atoms with Crippen molar-refractivity contribution < 1.29 is 0 Å². The van der Waals surface area contributed by atoms with Gasteiger partial charge in [-0.05, 0) is 12.1 Å². The lowest BCUT2D eigenvalue weighted by molar-refractivity contribution is 0.573. The summed E-state index contributed by atoms with van der Waals surface area (Å²) in [4.78, 5) is 1.69. The van der Waals surface area contributed by atoms with Crippen LogP contribution in [0.2, 0.25) is 0 Å². The molecule has 4 nitrogen and oxygen atoms in total. The number of rotatable bonds is 2. The Kier molecular flexibility index (Phi) is 1.67. The Balaban J connectivity index is 2.65. The Morgan fingerprint density at radius 3 is 2.89 bits per heavy atom. The van der Waals surface area contributed by atoms with Gasteiger partial charge in [-0.25, -0.2) is 0 Å². The average molecular weight is 126 g/mol. The quantitative estimate of drug-likeness (QED) is 0.553. The fourth-order valence-corrected chi connectivity index (χ4v) is 0.529. The van der Waals surface area contributed by atoms with Gasteiger partial charge in [0.15, 0.2) is 0 Å². The largest absolute Gasteiger partial charge is 0.299 e. The average Bonchev–Trinajstić information content (AvgIpc) is 2.37. The molecular weight excluding hydrogens is 116 g/mol. The molecule has 0 aromatic carbocycles. The summed E-state index contributed by atoms with van der Waals surface area (Å²) in [6.07, 6.45) is 3.47. The minimum Gasteiger partial charge on any atom is -0.299 e. The molecule has 0 N–H and O–H groups in total. The molecule has 0 saturated carbocycles. The number of hydrogen-bond donors (Lipinski definition) is 0. The molecule has 0 spiro atoms. The van der Waals surface area contributed by atoms with Crippen LogP contribution >= 0.6 is 0 Å². The molecule has 0 aliphatic rings. The SMILES string of the molecule is CCN(C)n1ccnn1. The van der Waals surface area contributed by atoms with E-state index in [1.54, 1.807) is 11.0 Å². The predicted octanol–water partition coefficient (Wildman–Crippen LogP) is -0.134. The van der Waals surface area contributed by atoms with Gasteiger partial charge in [0, 0.05) is 13.6 Å². The molecule has 0 unspecified atom stereocenters. The molecule has 0 saturated heterocycles. The van der Waals surface area contributed by atoms with Crippen LogP contribution in [0.4, 0.5) is 0 Å². The monoisotopic (exact) mass is 126 g/mol. The van der Waals surface area contributed by atoms with E-state index >= 15 is 0 Å². The van der Waals surface area contributed by atoms with E-state index < -0.39 is 0 Å². The third kappa shape index (κ3) is 1.19. The standard InChI is InChI=1S/C5H10N4/c1-3-8(2)9-5-4-6-7-9/h4-5H,3H2,1-2H3. The number of hydrogen-bond acceptors (Lipinski definition) is 3. The summed E-state index contributed by atoms with van der Waals surface area (Å²) in [5, 5.41) is 9.39. The highest BCUT2D eigenvalue weighted by molar-refractivity contribution is 4.76. The van der Waals surface area contributed by atoms with Crippen molar-refractivity contribution in [2.75, 3.05) is 18.6 Å². The minimum absolute atomic E-state index is 0.934. The summed E-state index contributed by atoms with van der Waals surface area (Å²) in [6.45, 7) is 2.99. The van der Waals surface area contributed by atoms with E-state index in [9.17, 15) is 0 Å². The van der Waals surface area contributed by atoms with Crippen LogP contribution in [0, 0.1) is 0 Å². The van der Waals surface area contributed by atoms with Crippen LogP contribution in [0.3, 0.4) is 0 Å². The first-order valence-corrected chi connectivity index (χ1v) is 2.92. The van der Waals surface area contributed by atoms with Gasteiger partial charge in [-0.15, -0.1) is 5.10 Å². The van der Waals surface area contributed by atoms with Crippen LogP contribution in [-0.2, 0) is 0 Å². The molecular formula is C5H10N4.